The van der Waals surface area contributed by atoms with E-state index < -0.39 is 0 Å². The number of imidazole rings is 2. The molecule has 0 saturated carbocycles. The highest BCUT2D eigenvalue weighted by Crippen LogP contribution is 2.37. The van der Waals surface area contributed by atoms with E-state index in [1.807, 2.05) is 36.5 Å². The van der Waals surface area contributed by atoms with Crippen LogP contribution < -0.4 is 0 Å². The molecule has 0 aliphatic carbocycles. The van der Waals surface area contributed by atoms with Gasteiger partial charge in [-0.05, 0) is 53.9 Å². The number of rotatable bonds is 3. The zero-order valence-corrected chi connectivity index (χ0v) is 19.8. The van der Waals surface area contributed by atoms with E-state index in [0.29, 0.717) is 0 Å². The highest BCUT2D eigenvalue weighted by atomic mass is 32.1. The van der Waals surface area contributed by atoms with E-state index in [1.165, 1.54) is 5.39 Å². The molecule has 0 aliphatic heterocycles. The number of benzene rings is 2. The largest absolute Gasteiger partial charge is 0.301 e. The number of para-hydroxylation sites is 3. The Morgan fingerprint density at radius 1 is 0.667 bits per heavy atom. The highest BCUT2D eigenvalue weighted by molar-refractivity contribution is 7.17. The summed E-state index contributed by atoms with van der Waals surface area (Å²) >= 11 is 1.69. The topological polar surface area (TPSA) is 52.9 Å². The molecule has 0 unspecified atom stereocenters. The van der Waals surface area contributed by atoms with Gasteiger partial charge in [0.25, 0.3) is 0 Å². The first kappa shape index (κ1) is 19.5. The van der Waals surface area contributed by atoms with Crippen LogP contribution in [0.1, 0.15) is 0 Å². The maximum Gasteiger partial charge on any atom is 0.222 e. The van der Waals surface area contributed by atoms with E-state index >= 15 is 0 Å². The van der Waals surface area contributed by atoms with Gasteiger partial charge in [0.1, 0.15) is 22.0 Å². The number of aromatic nitrogens is 6. The molecule has 0 aliphatic rings. The molecular formula is C29H18N6S. The van der Waals surface area contributed by atoms with E-state index in [-0.39, 0.29) is 0 Å². The number of hydrogen-bond acceptors (Lipinski definition) is 4. The van der Waals surface area contributed by atoms with Gasteiger partial charge >= 0.3 is 0 Å². The summed E-state index contributed by atoms with van der Waals surface area (Å²) in [6.07, 6.45) is 3.90. The Labute approximate surface area is 209 Å². The normalized spacial score (nSPS) is 11.9. The van der Waals surface area contributed by atoms with E-state index in [4.69, 9.17) is 9.97 Å². The van der Waals surface area contributed by atoms with Crippen molar-refractivity contribution in [1.29, 1.82) is 0 Å². The Bertz CT molecular complexity index is 2060. The summed E-state index contributed by atoms with van der Waals surface area (Å²) in [6, 6.07) is 31.0. The monoisotopic (exact) mass is 482 g/mol. The van der Waals surface area contributed by atoms with Crippen LogP contribution in [0.4, 0.5) is 0 Å². The molecule has 6 aromatic heterocycles. The smallest absolute Gasteiger partial charge is 0.222 e. The Kier molecular flexibility index (Phi) is 4.00. The number of fused-ring (bicyclic) bond motifs is 6. The van der Waals surface area contributed by atoms with Crippen LogP contribution in [0.25, 0.3) is 61.0 Å². The summed E-state index contributed by atoms with van der Waals surface area (Å²) in [6.45, 7) is 0. The van der Waals surface area contributed by atoms with Crippen LogP contribution in [-0.4, -0.2) is 28.5 Å². The fraction of sp³-hybridized carbons (Fsp3) is 0. The van der Waals surface area contributed by atoms with Crippen molar-refractivity contribution >= 4 is 49.4 Å². The van der Waals surface area contributed by atoms with Crippen molar-refractivity contribution in [2.24, 2.45) is 0 Å². The highest BCUT2D eigenvalue weighted by Gasteiger charge is 2.21. The zero-order valence-electron chi connectivity index (χ0n) is 19.0. The number of hydrogen-bond donors (Lipinski definition) is 0. The molecule has 8 aromatic rings. The van der Waals surface area contributed by atoms with E-state index in [2.05, 4.69) is 90.8 Å². The van der Waals surface area contributed by atoms with Crippen molar-refractivity contribution in [3.8, 4) is 22.9 Å². The van der Waals surface area contributed by atoms with E-state index in [0.717, 1.165) is 55.6 Å². The molecule has 0 amide bonds. The molecule has 0 saturated heterocycles. The predicted octanol–water partition coefficient (Wildman–Crippen LogP) is 6.89. The predicted molar refractivity (Wildman–Crippen MR) is 145 cm³/mol. The minimum absolute atomic E-state index is 0.827. The number of thiophene rings is 1. The van der Waals surface area contributed by atoms with Crippen LogP contribution in [-0.2, 0) is 0 Å². The molecule has 8 rings (SSSR count). The fourth-order valence-corrected chi connectivity index (χ4v) is 6.06. The molecule has 0 radical (unpaired) electrons. The molecule has 0 bridgehead atoms. The van der Waals surface area contributed by atoms with E-state index in [9.17, 15) is 0 Å². The summed E-state index contributed by atoms with van der Waals surface area (Å²) in [5, 5.41) is 3.34. The molecular weight excluding hydrogens is 464 g/mol. The van der Waals surface area contributed by atoms with Crippen LogP contribution >= 0.6 is 11.3 Å². The molecule has 6 nitrogen and oxygen atoms in total. The Balaban J connectivity index is 1.40. The zero-order chi connectivity index (χ0) is 23.6. The summed E-state index contributed by atoms with van der Waals surface area (Å²) in [7, 11) is 0. The first-order valence-electron chi connectivity index (χ1n) is 11.7. The molecule has 0 atom stereocenters. The van der Waals surface area contributed by atoms with Gasteiger partial charge in [0.15, 0.2) is 0 Å². The maximum atomic E-state index is 5.16. The molecule has 0 N–H and O–H groups in total. The van der Waals surface area contributed by atoms with Gasteiger partial charge in [-0.25, -0.2) is 9.97 Å². The standard InChI is InChI=1S/C29H18N6S/c1-2-10-22-19(8-1)15-17-33(22)25-13-7-14-26(31-25)34-23-11-3-4-12-24(23)35-28-27(32-29(34)35)20(18-36-28)21-9-5-6-16-30-21/h1-18H. The Morgan fingerprint density at radius 3 is 2.36 bits per heavy atom. The third kappa shape index (κ3) is 2.68. The first-order valence-corrected chi connectivity index (χ1v) is 12.6. The fourth-order valence-electron chi connectivity index (χ4n) is 5.05. The summed E-state index contributed by atoms with van der Waals surface area (Å²) in [5.41, 5.74) is 6.24. The maximum absolute atomic E-state index is 5.16. The minimum atomic E-state index is 0.827. The number of pyridine rings is 2. The van der Waals surface area contributed by atoms with Crippen molar-refractivity contribution in [2.45, 2.75) is 0 Å². The number of nitrogens with zero attached hydrogens (tertiary/aromatic N) is 6. The van der Waals surface area contributed by atoms with Crippen molar-refractivity contribution in [3.63, 3.8) is 0 Å². The van der Waals surface area contributed by atoms with Gasteiger partial charge in [0, 0.05) is 23.3 Å². The van der Waals surface area contributed by atoms with Gasteiger partial charge < -0.3 is 4.57 Å². The first-order chi connectivity index (χ1) is 17.9. The van der Waals surface area contributed by atoms with Gasteiger partial charge in [0.05, 0.1) is 22.2 Å². The lowest BCUT2D eigenvalue weighted by molar-refractivity contribution is 0.981. The molecule has 6 heterocycles. The van der Waals surface area contributed by atoms with Crippen molar-refractivity contribution in [3.05, 3.63) is 109 Å². The summed E-state index contributed by atoms with van der Waals surface area (Å²) in [5.74, 6) is 2.54. The second-order valence-corrected chi connectivity index (χ2v) is 9.55. The molecule has 0 fully saturated rings. The molecule has 36 heavy (non-hydrogen) atoms. The quantitative estimate of drug-likeness (QED) is 0.275. The SMILES string of the molecule is c1ccc(-c2csc3c2nc2n(-c4cccc(-n5ccc6ccccc65)n4)c4ccccc4n32)nc1. The Hall–Kier alpha value is -4.75. The molecule has 7 heteroatoms. The lowest BCUT2D eigenvalue weighted by atomic mass is 10.2. The van der Waals surface area contributed by atoms with Gasteiger partial charge in [-0.2, -0.15) is 0 Å². The van der Waals surface area contributed by atoms with Gasteiger partial charge in [-0.15, -0.1) is 11.3 Å². The molecule has 0 spiro atoms. The molecule has 170 valence electrons. The average molecular weight is 483 g/mol. The van der Waals surface area contributed by atoms with E-state index in [1.54, 1.807) is 11.3 Å². The second-order valence-electron chi connectivity index (χ2n) is 8.69. The van der Waals surface area contributed by atoms with Crippen LogP contribution in [0.15, 0.2) is 109 Å². The van der Waals surface area contributed by atoms with Gasteiger partial charge in [-0.3, -0.25) is 14.0 Å². The van der Waals surface area contributed by atoms with Crippen molar-refractivity contribution in [2.75, 3.05) is 0 Å². The lowest BCUT2D eigenvalue weighted by Gasteiger charge is -2.09. The van der Waals surface area contributed by atoms with Crippen LogP contribution in [0, 0.1) is 0 Å². The van der Waals surface area contributed by atoms with Crippen LogP contribution in [0.5, 0.6) is 0 Å². The summed E-state index contributed by atoms with van der Waals surface area (Å²) < 4.78 is 6.52. The second kappa shape index (κ2) is 7.37. The third-order valence-electron chi connectivity index (χ3n) is 6.66. The van der Waals surface area contributed by atoms with Crippen LogP contribution in [0.2, 0.25) is 0 Å². The van der Waals surface area contributed by atoms with Crippen molar-refractivity contribution in [1.82, 2.24) is 28.5 Å². The Morgan fingerprint density at radius 2 is 1.47 bits per heavy atom. The third-order valence-corrected chi connectivity index (χ3v) is 7.61. The minimum Gasteiger partial charge on any atom is -0.301 e. The van der Waals surface area contributed by atoms with Crippen LogP contribution in [0.3, 0.4) is 0 Å². The summed E-state index contributed by atoms with van der Waals surface area (Å²) in [4.78, 5) is 15.9. The van der Waals surface area contributed by atoms with Crippen molar-refractivity contribution < 1.29 is 0 Å². The molecule has 2 aromatic carbocycles. The average Bonchev–Trinajstić information content (AvgIpc) is 3.68. The van der Waals surface area contributed by atoms with Gasteiger partial charge in [0.2, 0.25) is 5.78 Å². The lowest BCUT2D eigenvalue weighted by Crippen LogP contribution is -2.02. The van der Waals surface area contributed by atoms with Gasteiger partial charge in [-0.1, -0.05) is 42.5 Å².